The highest BCUT2D eigenvalue weighted by molar-refractivity contribution is 5.29. The summed E-state index contributed by atoms with van der Waals surface area (Å²) in [5, 5.41) is 0. The minimum atomic E-state index is 0.311. The number of rotatable bonds is 1. The third-order valence-corrected chi connectivity index (χ3v) is 3.72. The van der Waals surface area contributed by atoms with Crippen molar-refractivity contribution in [2.75, 3.05) is 0 Å². The Bertz CT molecular complexity index is 215. The normalized spacial score (nSPS) is 37.2. The first-order chi connectivity index (χ1) is 5.70. The van der Waals surface area contributed by atoms with Crippen LogP contribution in [0.1, 0.15) is 39.5 Å². The van der Waals surface area contributed by atoms with E-state index in [1.165, 1.54) is 25.7 Å². The van der Waals surface area contributed by atoms with Gasteiger partial charge in [0.2, 0.25) is 0 Å². The van der Waals surface area contributed by atoms with Gasteiger partial charge in [-0.3, -0.25) is 0 Å². The fourth-order valence-corrected chi connectivity index (χ4v) is 2.94. The van der Waals surface area contributed by atoms with Crippen molar-refractivity contribution < 1.29 is 0 Å². The van der Waals surface area contributed by atoms with Crippen molar-refractivity contribution in [3.63, 3.8) is 0 Å². The molecule has 3 atom stereocenters. The number of nitrogens with two attached hydrogens (primary N) is 1. The Morgan fingerprint density at radius 1 is 1.50 bits per heavy atom. The van der Waals surface area contributed by atoms with E-state index in [4.69, 9.17) is 5.73 Å². The van der Waals surface area contributed by atoms with Gasteiger partial charge < -0.3 is 5.73 Å². The predicted octanol–water partition coefficient (Wildman–Crippen LogP) is 2.47. The van der Waals surface area contributed by atoms with Crippen LogP contribution in [0.2, 0.25) is 0 Å². The van der Waals surface area contributed by atoms with Crippen LogP contribution < -0.4 is 5.73 Å². The minimum Gasteiger partial charge on any atom is -0.324 e. The van der Waals surface area contributed by atoms with Gasteiger partial charge >= 0.3 is 0 Å². The van der Waals surface area contributed by atoms with E-state index in [-0.39, 0.29) is 0 Å². The summed E-state index contributed by atoms with van der Waals surface area (Å²) >= 11 is 0. The summed E-state index contributed by atoms with van der Waals surface area (Å²) in [5.41, 5.74) is 9.26. The predicted molar refractivity (Wildman–Crippen MR) is 51.8 cm³/mol. The Kier molecular flexibility index (Phi) is 1.99. The molecular weight excluding hydrogens is 146 g/mol. The summed E-state index contributed by atoms with van der Waals surface area (Å²) in [5.74, 6) is 1.79. The summed E-state index contributed by atoms with van der Waals surface area (Å²) in [6.45, 7) is 4.52. The minimum absolute atomic E-state index is 0.311. The molecule has 12 heavy (non-hydrogen) atoms. The zero-order valence-electron chi connectivity index (χ0n) is 8.14. The molecule has 2 rings (SSSR count). The smallest absolute Gasteiger partial charge is 0.0227 e. The van der Waals surface area contributed by atoms with E-state index in [0.717, 1.165) is 11.8 Å². The van der Waals surface area contributed by atoms with E-state index >= 15 is 0 Å². The molecule has 0 radical (unpaired) electrons. The van der Waals surface area contributed by atoms with Gasteiger partial charge in [0.15, 0.2) is 0 Å². The molecule has 0 aromatic heterocycles. The standard InChI is InChI=1S/C11H19N/c1-7-9-4-3-5-10(7)11(6-9)8(2)12/h7-9H,3-6,12H2,1-2H3/t7-,8?,9?/m0/s1. The first-order valence-electron chi connectivity index (χ1n) is 5.17. The first kappa shape index (κ1) is 8.31. The van der Waals surface area contributed by atoms with Crippen LogP contribution in [0, 0.1) is 11.8 Å². The van der Waals surface area contributed by atoms with E-state index in [0.29, 0.717) is 6.04 Å². The number of allylic oxidation sites excluding steroid dienone is 1. The molecular formula is C11H19N. The Labute approximate surface area is 75.0 Å². The second-order valence-electron chi connectivity index (χ2n) is 4.48. The lowest BCUT2D eigenvalue weighted by Crippen LogP contribution is -2.17. The second-order valence-corrected chi connectivity index (χ2v) is 4.48. The maximum atomic E-state index is 5.96. The average Bonchev–Trinajstić information content (AvgIpc) is 2.27. The number of fused-ring (bicyclic) bond motifs is 2. The molecule has 1 nitrogen and oxygen atoms in total. The fraction of sp³-hybridized carbons (Fsp3) is 0.818. The van der Waals surface area contributed by atoms with Crippen LogP contribution in [-0.2, 0) is 0 Å². The van der Waals surface area contributed by atoms with Crippen LogP contribution in [0.25, 0.3) is 0 Å². The topological polar surface area (TPSA) is 26.0 Å². The van der Waals surface area contributed by atoms with E-state index in [1.807, 2.05) is 0 Å². The SMILES string of the molecule is CC(N)C1=C2CCCC(C1)[C@@H]2C. The van der Waals surface area contributed by atoms with E-state index in [9.17, 15) is 0 Å². The summed E-state index contributed by atoms with van der Waals surface area (Å²) in [6.07, 6.45) is 5.46. The maximum Gasteiger partial charge on any atom is 0.0227 e. The van der Waals surface area contributed by atoms with Gasteiger partial charge in [0.1, 0.15) is 0 Å². The van der Waals surface area contributed by atoms with Crippen LogP contribution >= 0.6 is 0 Å². The van der Waals surface area contributed by atoms with Gasteiger partial charge in [0.25, 0.3) is 0 Å². The molecule has 0 aliphatic heterocycles. The summed E-state index contributed by atoms with van der Waals surface area (Å²) in [7, 11) is 0. The van der Waals surface area contributed by atoms with Crippen LogP contribution in [0.15, 0.2) is 11.1 Å². The van der Waals surface area contributed by atoms with E-state index < -0.39 is 0 Å². The van der Waals surface area contributed by atoms with Crippen molar-refractivity contribution in [1.29, 1.82) is 0 Å². The number of hydrogen-bond acceptors (Lipinski definition) is 1. The summed E-state index contributed by atoms with van der Waals surface area (Å²) in [6, 6.07) is 0.311. The van der Waals surface area contributed by atoms with Crippen molar-refractivity contribution in [3.8, 4) is 0 Å². The molecule has 2 aliphatic carbocycles. The molecule has 0 spiro atoms. The molecule has 0 aromatic carbocycles. The van der Waals surface area contributed by atoms with E-state index in [1.54, 1.807) is 11.1 Å². The zero-order chi connectivity index (χ0) is 8.72. The van der Waals surface area contributed by atoms with Crippen molar-refractivity contribution in [2.24, 2.45) is 17.6 Å². The molecule has 0 saturated heterocycles. The van der Waals surface area contributed by atoms with Gasteiger partial charge in [-0.25, -0.2) is 0 Å². The third-order valence-electron chi connectivity index (χ3n) is 3.72. The van der Waals surface area contributed by atoms with Gasteiger partial charge in [-0.05, 0) is 44.4 Å². The Hall–Kier alpha value is -0.300. The fourth-order valence-electron chi connectivity index (χ4n) is 2.94. The van der Waals surface area contributed by atoms with E-state index in [2.05, 4.69) is 13.8 Å². The number of hydrogen-bond donors (Lipinski definition) is 1. The Morgan fingerprint density at radius 3 is 2.83 bits per heavy atom. The van der Waals surface area contributed by atoms with Crippen LogP contribution in [0.4, 0.5) is 0 Å². The van der Waals surface area contributed by atoms with Gasteiger partial charge in [-0.2, -0.15) is 0 Å². The quantitative estimate of drug-likeness (QED) is 0.593. The lowest BCUT2D eigenvalue weighted by molar-refractivity contribution is 0.355. The highest BCUT2D eigenvalue weighted by Crippen LogP contribution is 2.46. The van der Waals surface area contributed by atoms with Crippen molar-refractivity contribution in [1.82, 2.24) is 0 Å². The summed E-state index contributed by atoms with van der Waals surface area (Å²) in [4.78, 5) is 0. The molecule has 0 heterocycles. The maximum absolute atomic E-state index is 5.96. The van der Waals surface area contributed by atoms with Crippen molar-refractivity contribution >= 4 is 0 Å². The highest BCUT2D eigenvalue weighted by atomic mass is 14.6. The zero-order valence-corrected chi connectivity index (χ0v) is 8.14. The molecule has 2 N–H and O–H groups in total. The van der Waals surface area contributed by atoms with Crippen molar-refractivity contribution in [3.05, 3.63) is 11.1 Å². The molecule has 1 heteroatoms. The third kappa shape index (κ3) is 1.11. The molecule has 0 amide bonds. The van der Waals surface area contributed by atoms with Crippen molar-refractivity contribution in [2.45, 2.75) is 45.6 Å². The molecule has 2 aliphatic rings. The largest absolute Gasteiger partial charge is 0.324 e. The van der Waals surface area contributed by atoms with Gasteiger partial charge in [0.05, 0.1) is 0 Å². The summed E-state index contributed by atoms with van der Waals surface area (Å²) < 4.78 is 0. The lowest BCUT2D eigenvalue weighted by Gasteiger charge is -2.23. The molecule has 68 valence electrons. The highest BCUT2D eigenvalue weighted by Gasteiger charge is 2.34. The second kappa shape index (κ2) is 2.88. The van der Waals surface area contributed by atoms with Crippen LogP contribution in [-0.4, -0.2) is 6.04 Å². The Balaban J connectivity index is 2.27. The van der Waals surface area contributed by atoms with Gasteiger partial charge in [-0.1, -0.05) is 18.1 Å². The average molecular weight is 165 g/mol. The monoisotopic (exact) mass is 165 g/mol. The van der Waals surface area contributed by atoms with Gasteiger partial charge in [-0.15, -0.1) is 0 Å². The molecule has 2 unspecified atom stereocenters. The molecule has 1 saturated carbocycles. The first-order valence-corrected chi connectivity index (χ1v) is 5.17. The molecule has 2 bridgehead atoms. The van der Waals surface area contributed by atoms with Crippen LogP contribution in [0.3, 0.4) is 0 Å². The molecule has 1 fully saturated rings. The van der Waals surface area contributed by atoms with Crippen LogP contribution in [0.5, 0.6) is 0 Å². The lowest BCUT2D eigenvalue weighted by atomic mass is 9.82. The van der Waals surface area contributed by atoms with Gasteiger partial charge in [0, 0.05) is 6.04 Å². The Morgan fingerprint density at radius 2 is 2.25 bits per heavy atom. The molecule has 0 aromatic rings.